The van der Waals surface area contributed by atoms with Crippen LogP contribution < -0.4 is 0 Å². The Hall–Kier alpha value is -1.42. The zero-order chi connectivity index (χ0) is 11.3. The fraction of sp³-hybridized carbons (Fsp3) is 0.300. The molecule has 1 rings (SSSR count). The number of Topliss-reactive ketones (excluding diaryl/α,β-unsaturated/α-hetero) is 1. The van der Waals surface area contributed by atoms with Gasteiger partial charge in [-0.15, -0.1) is 0 Å². The number of ketones is 1. The van der Waals surface area contributed by atoms with Crippen LogP contribution in [0, 0.1) is 0 Å². The van der Waals surface area contributed by atoms with Crippen molar-refractivity contribution in [2.24, 2.45) is 0 Å². The lowest BCUT2D eigenvalue weighted by Crippen LogP contribution is -2.11. The second kappa shape index (κ2) is 5.46. The van der Waals surface area contributed by atoms with Gasteiger partial charge in [0.15, 0.2) is 5.78 Å². The summed E-state index contributed by atoms with van der Waals surface area (Å²) in [6, 6.07) is 2.93. The molecule has 0 aliphatic rings. The lowest BCUT2D eigenvalue weighted by Gasteiger charge is -2.01. The minimum absolute atomic E-state index is 0.227. The summed E-state index contributed by atoms with van der Waals surface area (Å²) in [6.45, 7) is 1.95. The van der Waals surface area contributed by atoms with Crippen LogP contribution in [0.2, 0.25) is 5.15 Å². The predicted molar refractivity (Wildman–Crippen MR) is 54.8 cm³/mol. The molecule has 0 N–H and O–H groups in total. The first-order valence-corrected chi connectivity index (χ1v) is 4.81. The molecule has 1 aromatic rings. The molecule has 0 saturated heterocycles. The van der Waals surface area contributed by atoms with Gasteiger partial charge in [-0.3, -0.25) is 9.59 Å². The van der Waals surface area contributed by atoms with E-state index in [2.05, 4.69) is 9.72 Å². The first kappa shape index (κ1) is 11.7. The standard InChI is InChI=1S/C10H10ClNO3/c1-2-15-10(14)6-8(13)7-3-4-12-9(11)5-7/h3-5H,2,6H2,1H3. The van der Waals surface area contributed by atoms with Gasteiger partial charge in [-0.1, -0.05) is 11.6 Å². The van der Waals surface area contributed by atoms with Crippen molar-refractivity contribution in [3.8, 4) is 0 Å². The van der Waals surface area contributed by atoms with E-state index >= 15 is 0 Å². The van der Waals surface area contributed by atoms with Gasteiger partial charge in [0.25, 0.3) is 0 Å². The second-order valence-electron chi connectivity index (χ2n) is 2.77. The van der Waals surface area contributed by atoms with Crippen LogP contribution in [-0.4, -0.2) is 23.3 Å². The van der Waals surface area contributed by atoms with Crippen LogP contribution in [-0.2, 0) is 9.53 Å². The van der Waals surface area contributed by atoms with Crippen LogP contribution in [0.25, 0.3) is 0 Å². The number of esters is 1. The molecular weight excluding hydrogens is 218 g/mol. The number of rotatable bonds is 4. The molecule has 0 amide bonds. The highest BCUT2D eigenvalue weighted by atomic mass is 35.5. The van der Waals surface area contributed by atoms with Gasteiger partial charge >= 0.3 is 5.97 Å². The monoisotopic (exact) mass is 227 g/mol. The van der Waals surface area contributed by atoms with E-state index in [1.54, 1.807) is 6.92 Å². The average Bonchev–Trinajstić information content (AvgIpc) is 2.18. The average molecular weight is 228 g/mol. The highest BCUT2D eigenvalue weighted by molar-refractivity contribution is 6.29. The Labute approximate surface area is 92.2 Å². The van der Waals surface area contributed by atoms with E-state index in [4.69, 9.17) is 11.6 Å². The minimum Gasteiger partial charge on any atom is -0.466 e. The summed E-state index contributed by atoms with van der Waals surface area (Å²) in [7, 11) is 0. The second-order valence-corrected chi connectivity index (χ2v) is 3.16. The van der Waals surface area contributed by atoms with Gasteiger partial charge in [0.2, 0.25) is 0 Å². The van der Waals surface area contributed by atoms with Crippen LogP contribution >= 0.6 is 11.6 Å². The van der Waals surface area contributed by atoms with Gasteiger partial charge in [-0.05, 0) is 19.1 Å². The van der Waals surface area contributed by atoms with E-state index in [0.717, 1.165) is 0 Å². The van der Waals surface area contributed by atoms with Crippen LogP contribution in [0.15, 0.2) is 18.3 Å². The molecule has 80 valence electrons. The largest absolute Gasteiger partial charge is 0.466 e. The van der Waals surface area contributed by atoms with Gasteiger partial charge in [-0.25, -0.2) is 4.98 Å². The molecule has 0 spiro atoms. The van der Waals surface area contributed by atoms with Crippen molar-refractivity contribution in [1.29, 1.82) is 0 Å². The lowest BCUT2D eigenvalue weighted by atomic mass is 10.1. The fourth-order valence-corrected chi connectivity index (χ4v) is 1.19. The molecule has 0 unspecified atom stereocenters. The van der Waals surface area contributed by atoms with Crippen molar-refractivity contribution in [1.82, 2.24) is 4.98 Å². The Balaban J connectivity index is 2.65. The highest BCUT2D eigenvalue weighted by Crippen LogP contribution is 2.09. The Morgan fingerprint density at radius 2 is 2.27 bits per heavy atom. The summed E-state index contributed by atoms with van der Waals surface area (Å²) in [5.74, 6) is -0.854. The van der Waals surface area contributed by atoms with Crippen molar-refractivity contribution in [2.45, 2.75) is 13.3 Å². The van der Waals surface area contributed by atoms with Crippen molar-refractivity contribution in [2.75, 3.05) is 6.61 Å². The number of carbonyl (C=O) groups excluding carboxylic acids is 2. The first-order chi connectivity index (χ1) is 7.13. The Morgan fingerprint density at radius 1 is 1.53 bits per heavy atom. The molecule has 0 bridgehead atoms. The molecule has 15 heavy (non-hydrogen) atoms. The third kappa shape index (κ3) is 3.67. The van der Waals surface area contributed by atoms with Gasteiger partial charge in [0.1, 0.15) is 11.6 Å². The number of pyridine rings is 1. The number of nitrogens with zero attached hydrogens (tertiary/aromatic N) is 1. The minimum atomic E-state index is -0.532. The maximum Gasteiger partial charge on any atom is 0.313 e. The van der Waals surface area contributed by atoms with Crippen LogP contribution in [0.3, 0.4) is 0 Å². The zero-order valence-corrected chi connectivity index (χ0v) is 8.95. The SMILES string of the molecule is CCOC(=O)CC(=O)c1ccnc(Cl)c1. The quantitative estimate of drug-likeness (QED) is 0.341. The summed E-state index contributed by atoms with van der Waals surface area (Å²) < 4.78 is 4.66. The van der Waals surface area contributed by atoms with E-state index in [0.29, 0.717) is 5.56 Å². The molecule has 5 heteroatoms. The molecule has 0 fully saturated rings. The topological polar surface area (TPSA) is 56.3 Å². The summed E-state index contributed by atoms with van der Waals surface area (Å²) in [5.41, 5.74) is 0.364. The molecule has 0 aliphatic carbocycles. The number of halogens is 1. The Morgan fingerprint density at radius 3 is 2.87 bits per heavy atom. The maximum absolute atomic E-state index is 11.5. The van der Waals surface area contributed by atoms with E-state index in [1.165, 1.54) is 18.3 Å². The summed E-state index contributed by atoms with van der Waals surface area (Å²) in [5, 5.41) is 0.227. The summed E-state index contributed by atoms with van der Waals surface area (Å²) >= 11 is 5.61. The summed E-state index contributed by atoms with van der Waals surface area (Å²) in [4.78, 5) is 26.2. The van der Waals surface area contributed by atoms with E-state index < -0.39 is 5.97 Å². The van der Waals surface area contributed by atoms with Gasteiger partial charge in [0.05, 0.1) is 6.61 Å². The molecule has 0 atom stereocenters. The van der Waals surface area contributed by atoms with E-state index in [-0.39, 0.29) is 24.0 Å². The van der Waals surface area contributed by atoms with Crippen LogP contribution in [0.4, 0.5) is 0 Å². The van der Waals surface area contributed by atoms with Crippen LogP contribution in [0.5, 0.6) is 0 Å². The van der Waals surface area contributed by atoms with Crippen LogP contribution in [0.1, 0.15) is 23.7 Å². The fourth-order valence-electron chi connectivity index (χ4n) is 1.02. The number of carbonyl (C=O) groups is 2. The van der Waals surface area contributed by atoms with E-state index in [9.17, 15) is 9.59 Å². The molecule has 4 nitrogen and oxygen atoms in total. The third-order valence-corrected chi connectivity index (χ3v) is 1.87. The number of ether oxygens (including phenoxy) is 1. The number of hydrogen-bond donors (Lipinski definition) is 0. The summed E-state index contributed by atoms with van der Waals surface area (Å²) in [6.07, 6.45) is 1.15. The number of hydrogen-bond acceptors (Lipinski definition) is 4. The van der Waals surface area contributed by atoms with Gasteiger partial charge < -0.3 is 4.74 Å². The maximum atomic E-state index is 11.5. The Bertz CT molecular complexity index is 379. The number of aromatic nitrogens is 1. The smallest absolute Gasteiger partial charge is 0.313 e. The van der Waals surface area contributed by atoms with Gasteiger partial charge in [0, 0.05) is 11.8 Å². The molecule has 0 aliphatic heterocycles. The van der Waals surface area contributed by atoms with Crippen molar-refractivity contribution < 1.29 is 14.3 Å². The first-order valence-electron chi connectivity index (χ1n) is 4.44. The Kier molecular flexibility index (Phi) is 4.24. The molecule has 1 heterocycles. The van der Waals surface area contributed by atoms with Gasteiger partial charge in [-0.2, -0.15) is 0 Å². The molecule has 0 radical (unpaired) electrons. The van der Waals surface area contributed by atoms with Crippen molar-refractivity contribution in [3.05, 3.63) is 29.0 Å². The lowest BCUT2D eigenvalue weighted by molar-refractivity contribution is -0.141. The van der Waals surface area contributed by atoms with Crippen molar-refractivity contribution in [3.63, 3.8) is 0 Å². The molecule has 1 aromatic heterocycles. The van der Waals surface area contributed by atoms with E-state index in [1.807, 2.05) is 0 Å². The van der Waals surface area contributed by atoms with Crippen molar-refractivity contribution >= 4 is 23.4 Å². The predicted octanol–water partition coefficient (Wildman–Crippen LogP) is 1.87. The molecule has 0 aromatic carbocycles. The highest BCUT2D eigenvalue weighted by Gasteiger charge is 2.12. The third-order valence-electron chi connectivity index (χ3n) is 1.66. The normalized spacial score (nSPS) is 9.73. The zero-order valence-electron chi connectivity index (χ0n) is 8.20. The molecular formula is C10H10ClNO3. The molecule has 0 saturated carbocycles.